The summed E-state index contributed by atoms with van der Waals surface area (Å²) in [6.07, 6.45) is 0. The van der Waals surface area contributed by atoms with Crippen molar-refractivity contribution >= 4 is 23.0 Å². The Balaban J connectivity index is 2.00. The molecule has 98 valence electrons. The second kappa shape index (κ2) is 4.74. The molecule has 0 saturated carbocycles. The van der Waals surface area contributed by atoms with Gasteiger partial charge >= 0.3 is 0 Å². The van der Waals surface area contributed by atoms with Crippen molar-refractivity contribution in [1.29, 1.82) is 0 Å². The van der Waals surface area contributed by atoms with Crippen molar-refractivity contribution in [2.24, 2.45) is 0 Å². The second-order valence-corrected chi connectivity index (χ2v) is 5.13. The molecule has 1 aliphatic rings. The number of nitrogens with zero attached hydrogens (tertiary/aromatic N) is 1. The highest BCUT2D eigenvalue weighted by atomic mass is 35.5. The first-order chi connectivity index (χ1) is 9.16. The molecular weight excluding hydrogens is 263 g/mol. The molecule has 2 aromatic carbocycles. The number of hydrogen-bond donors (Lipinski definition) is 1. The number of para-hydroxylation sites is 2. The van der Waals surface area contributed by atoms with Gasteiger partial charge in [-0.05, 0) is 24.3 Å². The first-order valence-electron chi connectivity index (χ1n) is 6.17. The zero-order valence-corrected chi connectivity index (χ0v) is 11.3. The quantitative estimate of drug-likeness (QED) is 0.844. The van der Waals surface area contributed by atoms with Crippen LogP contribution in [0.25, 0.3) is 0 Å². The minimum atomic E-state index is -0.259. The third-order valence-electron chi connectivity index (χ3n) is 3.56. The summed E-state index contributed by atoms with van der Waals surface area (Å²) in [6.45, 7) is 0.673. The Morgan fingerprint density at radius 3 is 2.84 bits per heavy atom. The Morgan fingerprint density at radius 2 is 2.05 bits per heavy atom. The third kappa shape index (κ3) is 2.15. The van der Waals surface area contributed by atoms with Crippen molar-refractivity contribution in [2.75, 3.05) is 23.8 Å². The Kier molecular flexibility index (Phi) is 3.07. The molecule has 0 saturated heterocycles. The maximum absolute atomic E-state index is 14.0. The lowest BCUT2D eigenvalue weighted by Crippen LogP contribution is -2.35. The fourth-order valence-corrected chi connectivity index (χ4v) is 2.69. The fraction of sp³-hybridized carbons (Fsp3) is 0.200. The van der Waals surface area contributed by atoms with E-state index in [2.05, 4.69) is 10.2 Å². The molecule has 1 atom stereocenters. The van der Waals surface area contributed by atoms with Crippen LogP contribution in [0.2, 0.25) is 5.02 Å². The summed E-state index contributed by atoms with van der Waals surface area (Å²) in [6, 6.07) is 12.9. The Hall–Kier alpha value is -1.74. The van der Waals surface area contributed by atoms with E-state index in [1.807, 2.05) is 31.3 Å². The van der Waals surface area contributed by atoms with Crippen molar-refractivity contribution in [2.45, 2.75) is 6.04 Å². The molecule has 0 radical (unpaired) electrons. The largest absolute Gasteiger partial charge is 0.381 e. The number of fused-ring (bicyclic) bond motifs is 1. The molecule has 1 unspecified atom stereocenters. The van der Waals surface area contributed by atoms with Gasteiger partial charge in [0.1, 0.15) is 5.82 Å². The Morgan fingerprint density at radius 1 is 1.26 bits per heavy atom. The van der Waals surface area contributed by atoms with E-state index in [4.69, 9.17) is 11.6 Å². The second-order valence-electron chi connectivity index (χ2n) is 4.69. The summed E-state index contributed by atoms with van der Waals surface area (Å²) in [4.78, 5) is 2.10. The maximum atomic E-state index is 14.0. The van der Waals surface area contributed by atoms with Gasteiger partial charge in [0.2, 0.25) is 0 Å². The highest BCUT2D eigenvalue weighted by molar-refractivity contribution is 6.30. The summed E-state index contributed by atoms with van der Waals surface area (Å²) in [5.74, 6) is -0.259. The van der Waals surface area contributed by atoms with Gasteiger partial charge in [0.05, 0.1) is 17.4 Å². The summed E-state index contributed by atoms with van der Waals surface area (Å²) < 4.78 is 14.0. The Labute approximate surface area is 116 Å². The van der Waals surface area contributed by atoms with Gasteiger partial charge in [-0.3, -0.25) is 0 Å². The van der Waals surface area contributed by atoms with Gasteiger partial charge in [0, 0.05) is 24.2 Å². The lowest BCUT2D eigenvalue weighted by molar-refractivity contribution is 0.574. The molecule has 1 heterocycles. The molecular formula is C15H14ClFN2. The first kappa shape index (κ1) is 12.3. The van der Waals surface area contributed by atoms with Crippen molar-refractivity contribution in [3.8, 4) is 0 Å². The van der Waals surface area contributed by atoms with Crippen LogP contribution >= 0.6 is 11.6 Å². The van der Waals surface area contributed by atoms with Gasteiger partial charge in [-0.1, -0.05) is 29.8 Å². The van der Waals surface area contributed by atoms with Crippen molar-refractivity contribution in [3.05, 3.63) is 58.9 Å². The number of anilines is 2. The molecule has 1 N–H and O–H groups in total. The van der Waals surface area contributed by atoms with Crippen molar-refractivity contribution in [3.63, 3.8) is 0 Å². The van der Waals surface area contributed by atoms with Crippen LogP contribution in [0.3, 0.4) is 0 Å². The topological polar surface area (TPSA) is 15.3 Å². The molecule has 1 aliphatic heterocycles. The monoisotopic (exact) mass is 276 g/mol. The van der Waals surface area contributed by atoms with Crippen LogP contribution in [0, 0.1) is 5.82 Å². The van der Waals surface area contributed by atoms with Crippen LogP contribution in [0.4, 0.5) is 15.8 Å². The third-order valence-corrected chi connectivity index (χ3v) is 3.79. The molecule has 0 fully saturated rings. The number of likely N-dealkylation sites (N-methyl/N-ethyl adjacent to an activating group) is 1. The van der Waals surface area contributed by atoms with E-state index >= 15 is 0 Å². The molecule has 2 aromatic rings. The average molecular weight is 277 g/mol. The van der Waals surface area contributed by atoms with Gasteiger partial charge in [0.25, 0.3) is 0 Å². The standard InChI is InChI=1S/C15H14ClFN2/c1-19-14-5-3-2-4-13(14)18-9-15(19)11-7-6-10(16)8-12(11)17/h2-8,15,18H,9H2,1H3. The van der Waals surface area contributed by atoms with E-state index < -0.39 is 0 Å². The highest BCUT2D eigenvalue weighted by Crippen LogP contribution is 2.37. The van der Waals surface area contributed by atoms with Crippen LogP contribution in [-0.4, -0.2) is 13.6 Å². The van der Waals surface area contributed by atoms with Gasteiger partial charge < -0.3 is 10.2 Å². The van der Waals surface area contributed by atoms with Gasteiger partial charge in [0.15, 0.2) is 0 Å². The average Bonchev–Trinajstić information content (AvgIpc) is 2.41. The minimum absolute atomic E-state index is 0.0350. The van der Waals surface area contributed by atoms with Crippen molar-refractivity contribution < 1.29 is 4.39 Å². The lowest BCUT2D eigenvalue weighted by atomic mass is 10.0. The van der Waals surface area contributed by atoms with Crippen LogP contribution < -0.4 is 10.2 Å². The predicted octanol–water partition coefficient (Wildman–Crippen LogP) is 4.08. The number of benzene rings is 2. The number of hydrogen-bond acceptors (Lipinski definition) is 2. The van der Waals surface area contributed by atoms with Crippen LogP contribution in [0.1, 0.15) is 11.6 Å². The molecule has 3 rings (SSSR count). The molecule has 0 aromatic heterocycles. The van der Waals surface area contributed by atoms with Gasteiger partial charge in [-0.2, -0.15) is 0 Å². The zero-order chi connectivity index (χ0) is 13.4. The lowest BCUT2D eigenvalue weighted by Gasteiger charge is -2.37. The number of nitrogens with one attached hydrogen (secondary N) is 1. The molecule has 0 aliphatic carbocycles. The minimum Gasteiger partial charge on any atom is -0.381 e. The highest BCUT2D eigenvalue weighted by Gasteiger charge is 2.26. The van der Waals surface area contributed by atoms with E-state index in [0.29, 0.717) is 17.1 Å². The zero-order valence-electron chi connectivity index (χ0n) is 10.5. The van der Waals surface area contributed by atoms with E-state index in [-0.39, 0.29) is 11.9 Å². The molecule has 0 bridgehead atoms. The molecule has 0 amide bonds. The maximum Gasteiger partial charge on any atom is 0.130 e. The number of rotatable bonds is 1. The molecule has 4 heteroatoms. The Bertz CT molecular complexity index is 615. The first-order valence-corrected chi connectivity index (χ1v) is 6.55. The fourth-order valence-electron chi connectivity index (χ4n) is 2.53. The van der Waals surface area contributed by atoms with E-state index in [1.54, 1.807) is 12.1 Å². The molecule has 0 spiro atoms. The normalized spacial score (nSPS) is 17.8. The summed E-state index contributed by atoms with van der Waals surface area (Å²) in [7, 11) is 1.98. The van der Waals surface area contributed by atoms with Crippen LogP contribution in [0.5, 0.6) is 0 Å². The summed E-state index contributed by atoms with van der Waals surface area (Å²) >= 11 is 5.80. The van der Waals surface area contributed by atoms with E-state index in [9.17, 15) is 4.39 Å². The summed E-state index contributed by atoms with van der Waals surface area (Å²) in [5, 5.41) is 3.77. The smallest absolute Gasteiger partial charge is 0.130 e. The number of halogens is 2. The summed E-state index contributed by atoms with van der Waals surface area (Å²) in [5.41, 5.74) is 2.82. The SMILES string of the molecule is CN1c2ccccc2NCC1c1ccc(Cl)cc1F. The van der Waals surface area contributed by atoms with Crippen LogP contribution in [-0.2, 0) is 0 Å². The molecule has 19 heavy (non-hydrogen) atoms. The predicted molar refractivity (Wildman–Crippen MR) is 77.5 cm³/mol. The molecule has 2 nitrogen and oxygen atoms in total. The van der Waals surface area contributed by atoms with Crippen molar-refractivity contribution in [1.82, 2.24) is 0 Å². The van der Waals surface area contributed by atoms with Gasteiger partial charge in [-0.15, -0.1) is 0 Å². The van der Waals surface area contributed by atoms with Gasteiger partial charge in [-0.25, -0.2) is 4.39 Å². The van der Waals surface area contributed by atoms with E-state index in [1.165, 1.54) is 6.07 Å². The van der Waals surface area contributed by atoms with E-state index in [0.717, 1.165) is 11.4 Å². The van der Waals surface area contributed by atoms with Crippen LogP contribution in [0.15, 0.2) is 42.5 Å².